The van der Waals surface area contributed by atoms with E-state index in [0.29, 0.717) is 30.2 Å². The molecule has 0 heterocycles. The lowest BCUT2D eigenvalue weighted by atomic mass is 10.1. The van der Waals surface area contributed by atoms with Gasteiger partial charge in [0.15, 0.2) is 11.5 Å². The third-order valence-corrected chi connectivity index (χ3v) is 4.38. The first-order chi connectivity index (χ1) is 14.7. The van der Waals surface area contributed by atoms with Crippen LogP contribution in [-0.2, 0) is 13.2 Å². The van der Waals surface area contributed by atoms with Gasteiger partial charge >= 0.3 is 0 Å². The molecule has 30 heavy (non-hydrogen) atoms. The standard InChI is InChI=1S/C24H23N3O3/c1-28-23-11-8-20(13-24(23)29-2)16-27-26-15-18-6-9-22(10-7-18)30-17-21-5-3-4-19(12-21)14-25/h3-13,15,27H,16-17H2,1-2H3/b26-15-. The van der Waals surface area contributed by atoms with Crippen molar-refractivity contribution in [3.63, 3.8) is 0 Å². The molecule has 6 heteroatoms. The zero-order valence-electron chi connectivity index (χ0n) is 17.0. The number of nitrogens with one attached hydrogen (secondary N) is 1. The van der Waals surface area contributed by atoms with Gasteiger partial charge in [0.25, 0.3) is 0 Å². The van der Waals surface area contributed by atoms with Gasteiger partial charge in [-0.3, -0.25) is 0 Å². The molecule has 0 aromatic heterocycles. The molecule has 6 nitrogen and oxygen atoms in total. The summed E-state index contributed by atoms with van der Waals surface area (Å²) in [5.41, 5.74) is 6.60. The Morgan fingerprint density at radius 2 is 1.73 bits per heavy atom. The summed E-state index contributed by atoms with van der Waals surface area (Å²) < 4.78 is 16.3. The van der Waals surface area contributed by atoms with Gasteiger partial charge in [-0.1, -0.05) is 18.2 Å². The van der Waals surface area contributed by atoms with Crippen LogP contribution in [0.5, 0.6) is 17.2 Å². The molecule has 3 rings (SSSR count). The Bertz CT molecular complexity index is 1040. The molecule has 3 aromatic rings. The minimum absolute atomic E-state index is 0.413. The average Bonchev–Trinajstić information content (AvgIpc) is 2.81. The van der Waals surface area contributed by atoms with Crippen LogP contribution in [0.2, 0.25) is 0 Å². The van der Waals surface area contributed by atoms with Gasteiger partial charge in [0.1, 0.15) is 12.4 Å². The smallest absolute Gasteiger partial charge is 0.161 e. The first kappa shape index (κ1) is 20.7. The molecule has 0 saturated heterocycles. The summed E-state index contributed by atoms with van der Waals surface area (Å²) in [5, 5.41) is 13.2. The first-order valence-corrected chi connectivity index (χ1v) is 9.40. The molecule has 0 aliphatic carbocycles. The van der Waals surface area contributed by atoms with Crippen LogP contribution in [0.1, 0.15) is 22.3 Å². The van der Waals surface area contributed by atoms with E-state index in [2.05, 4.69) is 16.6 Å². The monoisotopic (exact) mass is 401 g/mol. The molecule has 0 saturated carbocycles. The van der Waals surface area contributed by atoms with E-state index in [4.69, 9.17) is 19.5 Å². The summed E-state index contributed by atoms with van der Waals surface area (Å²) in [5.74, 6) is 2.15. The highest BCUT2D eigenvalue weighted by Crippen LogP contribution is 2.27. The highest BCUT2D eigenvalue weighted by Gasteiger charge is 2.04. The Hall–Kier alpha value is -3.98. The van der Waals surface area contributed by atoms with Crippen molar-refractivity contribution in [2.45, 2.75) is 13.2 Å². The van der Waals surface area contributed by atoms with E-state index >= 15 is 0 Å². The summed E-state index contributed by atoms with van der Waals surface area (Å²) in [7, 11) is 3.23. The zero-order valence-corrected chi connectivity index (χ0v) is 17.0. The Morgan fingerprint density at radius 3 is 2.47 bits per heavy atom. The Morgan fingerprint density at radius 1 is 0.933 bits per heavy atom. The van der Waals surface area contributed by atoms with Gasteiger partial charge in [0, 0.05) is 0 Å². The van der Waals surface area contributed by atoms with Crippen molar-refractivity contribution < 1.29 is 14.2 Å². The van der Waals surface area contributed by atoms with Crippen LogP contribution in [0.15, 0.2) is 71.8 Å². The van der Waals surface area contributed by atoms with Crippen LogP contribution in [-0.4, -0.2) is 20.4 Å². The third kappa shape index (κ3) is 5.76. The van der Waals surface area contributed by atoms with Gasteiger partial charge in [-0.2, -0.15) is 10.4 Å². The second-order valence-corrected chi connectivity index (χ2v) is 6.45. The number of hydrazone groups is 1. The first-order valence-electron chi connectivity index (χ1n) is 9.40. The number of hydrogen-bond acceptors (Lipinski definition) is 6. The van der Waals surface area contributed by atoms with Crippen LogP contribution in [0.4, 0.5) is 0 Å². The maximum Gasteiger partial charge on any atom is 0.161 e. The Labute approximate surface area is 176 Å². The minimum atomic E-state index is 0.413. The fourth-order valence-corrected chi connectivity index (χ4v) is 2.80. The highest BCUT2D eigenvalue weighted by molar-refractivity contribution is 5.79. The number of methoxy groups -OCH3 is 2. The van der Waals surface area contributed by atoms with E-state index < -0.39 is 0 Å². The van der Waals surface area contributed by atoms with Crippen LogP contribution in [0, 0.1) is 11.3 Å². The molecule has 0 fully saturated rings. The lowest BCUT2D eigenvalue weighted by molar-refractivity contribution is 0.306. The fourth-order valence-electron chi connectivity index (χ4n) is 2.80. The number of hydrogen-bond donors (Lipinski definition) is 1. The van der Waals surface area contributed by atoms with E-state index in [0.717, 1.165) is 22.4 Å². The summed E-state index contributed by atoms with van der Waals surface area (Å²) in [6.07, 6.45) is 1.75. The molecule has 0 spiro atoms. The second-order valence-electron chi connectivity index (χ2n) is 6.45. The number of benzene rings is 3. The largest absolute Gasteiger partial charge is 0.493 e. The molecule has 0 atom stereocenters. The SMILES string of the molecule is COc1ccc(CN/N=C\c2ccc(OCc3cccc(C#N)c3)cc2)cc1OC. The highest BCUT2D eigenvalue weighted by atomic mass is 16.5. The van der Waals surface area contributed by atoms with Gasteiger partial charge in [0.05, 0.1) is 38.6 Å². The van der Waals surface area contributed by atoms with Gasteiger partial charge in [-0.05, 0) is 65.2 Å². The van der Waals surface area contributed by atoms with Crippen LogP contribution >= 0.6 is 0 Å². The fraction of sp³-hybridized carbons (Fsp3) is 0.167. The summed E-state index contributed by atoms with van der Waals surface area (Å²) in [6.45, 7) is 0.982. The maximum atomic E-state index is 8.96. The van der Waals surface area contributed by atoms with Crippen molar-refractivity contribution in [1.29, 1.82) is 5.26 Å². The molecule has 0 radical (unpaired) electrons. The summed E-state index contributed by atoms with van der Waals surface area (Å²) in [4.78, 5) is 0. The number of ether oxygens (including phenoxy) is 3. The molecule has 0 amide bonds. The van der Waals surface area contributed by atoms with Crippen LogP contribution < -0.4 is 19.6 Å². The lowest BCUT2D eigenvalue weighted by Gasteiger charge is -2.09. The molecule has 3 aromatic carbocycles. The molecule has 0 aliphatic rings. The van der Waals surface area contributed by atoms with Crippen LogP contribution in [0.25, 0.3) is 0 Å². The Balaban J connectivity index is 1.49. The lowest BCUT2D eigenvalue weighted by Crippen LogP contribution is -2.06. The number of rotatable bonds is 9. The van der Waals surface area contributed by atoms with Crippen molar-refractivity contribution in [3.8, 4) is 23.3 Å². The van der Waals surface area contributed by atoms with Crippen LogP contribution in [0.3, 0.4) is 0 Å². The molecular formula is C24H23N3O3. The molecule has 0 aliphatic heterocycles. The zero-order chi connectivity index (χ0) is 21.2. The maximum absolute atomic E-state index is 8.96. The molecule has 1 N–H and O–H groups in total. The predicted octanol–water partition coefficient (Wildman–Crippen LogP) is 4.28. The van der Waals surface area contributed by atoms with Gasteiger partial charge in [0.2, 0.25) is 0 Å². The number of nitrogens with zero attached hydrogens (tertiary/aromatic N) is 2. The third-order valence-electron chi connectivity index (χ3n) is 4.38. The molecule has 0 unspecified atom stereocenters. The quantitative estimate of drug-likeness (QED) is 0.428. The van der Waals surface area contributed by atoms with Gasteiger partial charge in [-0.25, -0.2) is 0 Å². The van der Waals surface area contributed by atoms with E-state index in [9.17, 15) is 0 Å². The van der Waals surface area contributed by atoms with Crippen molar-refractivity contribution in [1.82, 2.24) is 5.43 Å². The van der Waals surface area contributed by atoms with Gasteiger partial charge < -0.3 is 19.6 Å². The van der Waals surface area contributed by atoms with E-state index in [-0.39, 0.29) is 0 Å². The number of nitriles is 1. The van der Waals surface area contributed by atoms with Crippen molar-refractivity contribution in [3.05, 3.63) is 89.0 Å². The summed E-state index contributed by atoms with van der Waals surface area (Å²) >= 11 is 0. The second kappa shape index (κ2) is 10.5. The van der Waals surface area contributed by atoms with Crippen molar-refractivity contribution in [2.75, 3.05) is 14.2 Å². The topological polar surface area (TPSA) is 75.9 Å². The minimum Gasteiger partial charge on any atom is -0.493 e. The molecular weight excluding hydrogens is 378 g/mol. The molecule has 0 bridgehead atoms. The average molecular weight is 401 g/mol. The predicted molar refractivity (Wildman–Crippen MR) is 116 cm³/mol. The van der Waals surface area contributed by atoms with Crippen molar-refractivity contribution >= 4 is 6.21 Å². The van der Waals surface area contributed by atoms with Crippen molar-refractivity contribution in [2.24, 2.45) is 5.10 Å². The van der Waals surface area contributed by atoms with Gasteiger partial charge in [-0.15, -0.1) is 0 Å². The molecule has 152 valence electrons. The van der Waals surface area contributed by atoms with E-state index in [1.165, 1.54) is 0 Å². The Kier molecular flexibility index (Phi) is 7.28. The van der Waals surface area contributed by atoms with E-state index in [1.54, 1.807) is 26.5 Å². The summed E-state index contributed by atoms with van der Waals surface area (Å²) in [6, 6.07) is 22.9. The normalized spacial score (nSPS) is 10.4. The van der Waals surface area contributed by atoms with E-state index in [1.807, 2.05) is 60.7 Å².